The molecule has 2 bridgehead atoms. The highest BCUT2D eigenvalue weighted by Crippen LogP contribution is 2.66. The summed E-state index contributed by atoms with van der Waals surface area (Å²) in [4.78, 5) is 28.7. The number of aryl methyl sites for hydroxylation is 1. The Balaban J connectivity index is 1.22. The maximum absolute atomic E-state index is 15.0. The van der Waals surface area contributed by atoms with Gasteiger partial charge in [-0.05, 0) is 154 Å². The second kappa shape index (κ2) is 22.5. The van der Waals surface area contributed by atoms with E-state index in [4.69, 9.17) is 10.5 Å². The molecule has 3 aliphatic heterocycles. The van der Waals surface area contributed by atoms with Gasteiger partial charge in [0.25, 0.3) is 0 Å². The summed E-state index contributed by atoms with van der Waals surface area (Å²) in [7, 11) is 0. The number of Topliss-reactive ketones (excluding diaryl/α,β-unsaturated/α-hetero) is 1. The molecule has 376 valence electrons. The Bertz CT molecular complexity index is 2460. The number of hydrogen-bond donors (Lipinski definition) is 8. The number of ether oxygens (including phenoxy) is 1. The number of nitrogens with two attached hydrogens (primary N) is 1. The minimum absolute atomic E-state index is 0.0110. The van der Waals surface area contributed by atoms with Crippen LogP contribution in [0.15, 0.2) is 101 Å². The van der Waals surface area contributed by atoms with Crippen LogP contribution in [0, 0.1) is 35.0 Å². The van der Waals surface area contributed by atoms with Crippen LogP contribution < -0.4 is 21.7 Å². The summed E-state index contributed by atoms with van der Waals surface area (Å²) >= 11 is 0. The van der Waals surface area contributed by atoms with Crippen molar-refractivity contribution in [3.63, 3.8) is 0 Å². The van der Waals surface area contributed by atoms with E-state index in [1.807, 2.05) is 50.2 Å². The van der Waals surface area contributed by atoms with Crippen LogP contribution in [-0.2, 0) is 33.6 Å². The highest BCUT2D eigenvalue weighted by atomic mass is 16.5. The van der Waals surface area contributed by atoms with E-state index >= 15 is 4.79 Å². The Labute approximate surface area is 416 Å². The number of amides is 1. The van der Waals surface area contributed by atoms with Gasteiger partial charge in [-0.25, -0.2) is 0 Å². The first-order valence-electron chi connectivity index (χ1n) is 26.1. The van der Waals surface area contributed by atoms with Gasteiger partial charge in [0.2, 0.25) is 5.91 Å². The van der Waals surface area contributed by atoms with Gasteiger partial charge in [0.05, 0.1) is 30.0 Å². The number of aliphatic hydroxyl groups is 4. The van der Waals surface area contributed by atoms with Crippen molar-refractivity contribution < 1.29 is 34.8 Å². The summed E-state index contributed by atoms with van der Waals surface area (Å²) in [5.41, 5.74) is 12.9. The van der Waals surface area contributed by atoms with E-state index in [2.05, 4.69) is 78.6 Å². The molecular weight excluding hydrogens is 877 g/mol. The first-order valence-corrected chi connectivity index (χ1v) is 26.1. The molecule has 0 aromatic heterocycles. The molecule has 70 heavy (non-hydrogen) atoms. The van der Waals surface area contributed by atoms with Gasteiger partial charge in [-0.15, -0.1) is 0 Å². The summed E-state index contributed by atoms with van der Waals surface area (Å²) in [6.45, 7) is 13.7. The number of β-amino-alcohol motifs (C(OH)–C–C–N with tert-alkyl or cyclic N) is 1. The molecule has 12 atom stereocenters. The minimum atomic E-state index is -1.31. The summed E-state index contributed by atoms with van der Waals surface area (Å²) in [5, 5.41) is 59.4. The predicted molar refractivity (Wildman–Crippen MR) is 275 cm³/mol. The van der Waals surface area contributed by atoms with Gasteiger partial charge in [0, 0.05) is 36.8 Å². The Hall–Kier alpha value is -4.48. The van der Waals surface area contributed by atoms with Crippen LogP contribution in [0.5, 0.6) is 0 Å². The maximum Gasteiger partial charge on any atom is 0.243 e. The van der Waals surface area contributed by atoms with Crippen molar-refractivity contribution in [2.24, 2.45) is 28.9 Å². The highest BCUT2D eigenvalue weighted by molar-refractivity contribution is 5.98. The molecule has 6 aliphatic rings. The molecule has 11 heteroatoms. The molecule has 3 fully saturated rings. The predicted octanol–water partition coefficient (Wildman–Crippen LogP) is 7.00. The number of rotatable bonds is 2. The zero-order valence-corrected chi connectivity index (χ0v) is 41.9. The van der Waals surface area contributed by atoms with Crippen molar-refractivity contribution in [1.82, 2.24) is 16.0 Å². The van der Waals surface area contributed by atoms with Crippen LogP contribution in [0.3, 0.4) is 0 Å². The lowest BCUT2D eigenvalue weighted by Gasteiger charge is -2.56. The first kappa shape index (κ1) is 51.9. The monoisotopic (exact) mass is 955 g/mol. The van der Waals surface area contributed by atoms with Gasteiger partial charge < -0.3 is 41.5 Å². The number of nitrogens with one attached hydrogen (secondary N) is 3. The quantitative estimate of drug-likeness (QED) is 0.115. The zero-order valence-electron chi connectivity index (χ0n) is 41.9. The van der Waals surface area contributed by atoms with Gasteiger partial charge in [0.1, 0.15) is 18.8 Å². The van der Waals surface area contributed by atoms with Gasteiger partial charge in [-0.2, -0.15) is 0 Å². The average molecular weight is 955 g/mol. The smallest absolute Gasteiger partial charge is 0.243 e. The average Bonchev–Trinajstić information content (AvgIpc) is 3.50. The van der Waals surface area contributed by atoms with Gasteiger partial charge >= 0.3 is 0 Å². The first-order chi connectivity index (χ1) is 33.6. The van der Waals surface area contributed by atoms with E-state index in [-0.39, 0.29) is 55.2 Å². The van der Waals surface area contributed by atoms with Crippen molar-refractivity contribution in [3.05, 3.63) is 129 Å². The third-order valence-electron chi connectivity index (χ3n) is 17.0. The summed E-state index contributed by atoms with van der Waals surface area (Å²) in [6.07, 6.45) is 12.6. The third kappa shape index (κ3) is 11.0. The SMILES string of the molecule is C=C1C=CC=C2C(CCCC3CC4(C5CCC(O)Cc6cccc(c6)CCC(O)CNC6C(=O)NC(N)c7cccc(c76)CC(=O)C(C)=C5CCC4(C)O)C(O)C23)OCC#CCC(C)=CCC1NCC. The number of aliphatic hydroxyl groups excluding tert-OH is 3. The Kier molecular flexibility index (Phi) is 16.7. The number of benzene rings is 2. The van der Waals surface area contributed by atoms with Crippen molar-refractivity contribution in [3.8, 4) is 11.8 Å². The van der Waals surface area contributed by atoms with E-state index in [0.29, 0.717) is 80.1 Å². The number of carbonyl (C=O) groups is 2. The van der Waals surface area contributed by atoms with Crippen LogP contribution in [-0.4, -0.2) is 87.9 Å². The largest absolute Gasteiger partial charge is 0.393 e. The van der Waals surface area contributed by atoms with Crippen molar-refractivity contribution in [2.45, 2.75) is 166 Å². The second-order valence-corrected chi connectivity index (χ2v) is 21.5. The van der Waals surface area contributed by atoms with E-state index in [1.165, 1.54) is 5.57 Å². The number of hydrogen-bond acceptors (Lipinski definition) is 10. The molecule has 12 unspecified atom stereocenters. The molecule has 2 aromatic carbocycles. The lowest BCUT2D eigenvalue weighted by atomic mass is 9.52. The van der Waals surface area contributed by atoms with E-state index < -0.39 is 47.5 Å². The lowest BCUT2D eigenvalue weighted by Crippen LogP contribution is -2.59. The molecule has 3 heterocycles. The normalized spacial score (nSPS) is 35.0. The molecule has 3 saturated carbocycles. The number of ketones is 1. The maximum atomic E-state index is 15.0. The van der Waals surface area contributed by atoms with E-state index in [1.54, 1.807) is 0 Å². The molecule has 11 nitrogen and oxygen atoms in total. The van der Waals surface area contributed by atoms with Crippen molar-refractivity contribution in [1.29, 1.82) is 0 Å². The summed E-state index contributed by atoms with van der Waals surface area (Å²) in [5.74, 6) is 5.40. The molecular formula is C59H78N4O7. The van der Waals surface area contributed by atoms with Crippen LogP contribution in [0.25, 0.3) is 0 Å². The van der Waals surface area contributed by atoms with Crippen LogP contribution >= 0.6 is 0 Å². The Morgan fingerprint density at radius 1 is 0.986 bits per heavy atom. The molecule has 3 aliphatic carbocycles. The Morgan fingerprint density at radius 2 is 1.79 bits per heavy atom. The molecule has 8 rings (SSSR count). The van der Waals surface area contributed by atoms with E-state index in [9.17, 15) is 25.2 Å². The van der Waals surface area contributed by atoms with Gasteiger partial charge in [0.15, 0.2) is 5.78 Å². The minimum Gasteiger partial charge on any atom is -0.393 e. The van der Waals surface area contributed by atoms with E-state index in [0.717, 1.165) is 60.1 Å². The van der Waals surface area contributed by atoms with Crippen molar-refractivity contribution in [2.75, 3.05) is 19.7 Å². The fraction of sp³-hybridized carbons (Fsp3) is 0.559. The molecule has 0 saturated heterocycles. The number of allylic oxidation sites excluding steroid dienone is 5. The molecule has 9 N–H and O–H groups in total. The van der Waals surface area contributed by atoms with Gasteiger partial charge in [-0.1, -0.05) is 110 Å². The van der Waals surface area contributed by atoms with Crippen molar-refractivity contribution >= 4 is 11.7 Å². The molecule has 0 radical (unpaired) electrons. The van der Waals surface area contributed by atoms with Crippen LogP contribution in [0.2, 0.25) is 0 Å². The second-order valence-electron chi connectivity index (χ2n) is 21.5. The number of likely N-dealkylation sites (N-methyl/N-ethyl adjacent to an activating group) is 1. The number of fused-ring (bicyclic) bond motifs is 7. The number of carbonyl (C=O) groups excluding carboxylic acids is 2. The molecule has 1 spiro atoms. The topological polar surface area (TPSA) is 186 Å². The fourth-order valence-corrected chi connectivity index (χ4v) is 13.2. The standard InChI is InChI=1S/C59H78N4O7/c1-6-61-49-27-22-36(2)13-7-8-30-70-51-21-12-18-42-34-59(55(67)53(42)46(51)19-9-14-37(49)3)48-26-25-43(64)32-40-16-10-15-39(31-40)23-24-44(65)35-62-54-52-41(17-11-20-47(52)56(60)63-57(54)68)33-50(66)38(4)45(48)28-29-58(59,5)69/h9-11,14-17,19-20,22,31,42-44,48-49,51,53-56,61-62,64-65,67,69H,3,6,12-13,18,21,23-30,32-35,60H2,1-2,4-5H3,(H,63,68). The summed E-state index contributed by atoms with van der Waals surface area (Å²) < 4.78 is 6.68. The van der Waals surface area contributed by atoms with Crippen LogP contribution in [0.1, 0.15) is 138 Å². The Morgan fingerprint density at radius 3 is 2.60 bits per heavy atom. The molecule has 1 amide bonds. The molecule has 2 aromatic rings. The zero-order chi connectivity index (χ0) is 49.7. The van der Waals surface area contributed by atoms with Gasteiger partial charge in [-0.3, -0.25) is 14.9 Å². The third-order valence-corrected chi connectivity index (χ3v) is 17.0. The fourth-order valence-electron chi connectivity index (χ4n) is 13.2. The van der Waals surface area contributed by atoms with Crippen LogP contribution in [0.4, 0.5) is 0 Å². The summed E-state index contributed by atoms with van der Waals surface area (Å²) in [6, 6.07) is 13.0. The lowest BCUT2D eigenvalue weighted by molar-refractivity contribution is -0.169. The highest BCUT2D eigenvalue weighted by Gasteiger charge is 2.67.